The zero-order valence-electron chi connectivity index (χ0n) is 10.7. The molecule has 0 unspecified atom stereocenters. The summed E-state index contributed by atoms with van der Waals surface area (Å²) < 4.78 is 44.3. The van der Waals surface area contributed by atoms with Gasteiger partial charge in [0, 0.05) is 11.2 Å². The van der Waals surface area contributed by atoms with Crippen molar-refractivity contribution in [2.24, 2.45) is 0 Å². The second kappa shape index (κ2) is 5.74. The van der Waals surface area contributed by atoms with Crippen molar-refractivity contribution in [2.75, 3.05) is 11.8 Å². The summed E-state index contributed by atoms with van der Waals surface area (Å²) in [5.41, 5.74) is -0.283. The zero-order chi connectivity index (χ0) is 15.6. The van der Waals surface area contributed by atoms with Crippen LogP contribution in [0.2, 0.25) is 5.02 Å². The quantitative estimate of drug-likeness (QED) is 0.841. The van der Waals surface area contributed by atoms with Crippen molar-refractivity contribution in [3.63, 3.8) is 0 Å². The number of hydrogen-bond donors (Lipinski definition) is 2. The van der Waals surface area contributed by atoms with Gasteiger partial charge in [0.15, 0.2) is 0 Å². The second-order valence-corrected chi connectivity index (χ2v) is 6.09. The molecule has 2 aromatic rings. The maximum atomic E-state index is 13.6. The Morgan fingerprint density at radius 3 is 2.71 bits per heavy atom. The van der Waals surface area contributed by atoms with Crippen molar-refractivity contribution in [3.8, 4) is 0 Å². The summed E-state index contributed by atoms with van der Waals surface area (Å²) in [6.07, 6.45) is 1.10. The predicted molar refractivity (Wildman–Crippen MR) is 74.4 cm³/mol. The van der Waals surface area contributed by atoms with Gasteiger partial charge in [-0.15, -0.1) is 0 Å². The number of carbonyl (C=O) groups excluding carboxylic acids is 1. The minimum Gasteiger partial charge on any atom is -0.464 e. The van der Waals surface area contributed by atoms with E-state index in [9.17, 15) is 17.6 Å². The maximum absolute atomic E-state index is 13.6. The number of sulfonamides is 1. The fraction of sp³-hybridized carbons (Fsp3) is 0.0833. The number of benzene rings is 1. The first-order chi connectivity index (χ1) is 9.83. The Morgan fingerprint density at radius 1 is 1.38 bits per heavy atom. The predicted octanol–water partition coefficient (Wildman–Crippen LogP) is 2.39. The summed E-state index contributed by atoms with van der Waals surface area (Å²) in [4.78, 5) is 13.5. The lowest BCUT2D eigenvalue weighted by Crippen LogP contribution is -2.13. The lowest BCUT2D eigenvalue weighted by molar-refractivity contribution is 0.0595. The van der Waals surface area contributed by atoms with Crippen LogP contribution >= 0.6 is 11.6 Å². The van der Waals surface area contributed by atoms with Gasteiger partial charge >= 0.3 is 5.97 Å². The summed E-state index contributed by atoms with van der Waals surface area (Å²) in [6, 6.07) is 4.61. The number of H-pyrrole nitrogens is 1. The smallest absolute Gasteiger partial charge is 0.354 e. The molecule has 0 aliphatic heterocycles. The molecular weight excluding hydrogens is 323 g/mol. The second-order valence-electron chi connectivity index (χ2n) is 3.97. The minimum atomic E-state index is -4.04. The van der Waals surface area contributed by atoms with Crippen molar-refractivity contribution >= 4 is 33.3 Å². The van der Waals surface area contributed by atoms with Crippen molar-refractivity contribution in [2.45, 2.75) is 4.90 Å². The van der Waals surface area contributed by atoms with Crippen LogP contribution in [0.3, 0.4) is 0 Å². The number of halogens is 2. The highest BCUT2D eigenvalue weighted by molar-refractivity contribution is 7.92. The standard InChI is InChI=1S/C12H10ClFN2O4S/c1-20-12(17)11-5-8(6-15-11)21(18,19)16-10-3-2-7(13)4-9(10)14/h2-6,15-16H,1H3. The molecule has 1 heterocycles. The van der Waals surface area contributed by atoms with Gasteiger partial charge in [0.05, 0.1) is 12.8 Å². The summed E-state index contributed by atoms with van der Waals surface area (Å²) in [5.74, 6) is -1.52. The summed E-state index contributed by atoms with van der Waals surface area (Å²) >= 11 is 5.59. The van der Waals surface area contributed by atoms with E-state index in [1.54, 1.807) is 0 Å². The molecule has 2 rings (SSSR count). The van der Waals surface area contributed by atoms with Gasteiger partial charge in [-0.25, -0.2) is 17.6 Å². The third kappa shape index (κ3) is 3.34. The van der Waals surface area contributed by atoms with Crippen LogP contribution in [0, 0.1) is 5.82 Å². The molecule has 0 aliphatic rings. The molecule has 0 atom stereocenters. The van der Waals surface area contributed by atoms with Gasteiger partial charge in [-0.1, -0.05) is 11.6 Å². The molecule has 0 saturated heterocycles. The highest BCUT2D eigenvalue weighted by Gasteiger charge is 2.20. The van der Waals surface area contributed by atoms with Gasteiger partial charge in [0.25, 0.3) is 10.0 Å². The van der Waals surface area contributed by atoms with Crippen LogP contribution in [0.4, 0.5) is 10.1 Å². The first kappa shape index (κ1) is 15.3. The number of aromatic amines is 1. The number of ether oxygens (including phenoxy) is 1. The Morgan fingerprint density at radius 2 is 2.10 bits per heavy atom. The monoisotopic (exact) mass is 332 g/mol. The Hall–Kier alpha value is -2.06. The third-order valence-corrected chi connectivity index (χ3v) is 4.13. The minimum absolute atomic E-state index is 0.0329. The molecule has 0 radical (unpaired) electrons. The van der Waals surface area contributed by atoms with Crippen LogP contribution in [0.5, 0.6) is 0 Å². The summed E-state index contributed by atoms with van der Waals surface area (Å²) in [6.45, 7) is 0. The molecule has 0 saturated carbocycles. The van der Waals surface area contributed by atoms with E-state index >= 15 is 0 Å². The van der Waals surface area contributed by atoms with Crippen molar-refractivity contribution in [3.05, 3.63) is 47.0 Å². The van der Waals surface area contributed by atoms with E-state index in [2.05, 4.69) is 14.4 Å². The number of rotatable bonds is 4. The summed E-state index contributed by atoms with van der Waals surface area (Å²) in [7, 11) is -2.88. The molecule has 0 bridgehead atoms. The van der Waals surface area contributed by atoms with Gasteiger partial charge in [-0.05, 0) is 24.3 Å². The molecule has 9 heteroatoms. The molecule has 1 aromatic heterocycles. The van der Waals surface area contributed by atoms with Crippen LogP contribution in [0.1, 0.15) is 10.5 Å². The Balaban J connectivity index is 2.30. The topological polar surface area (TPSA) is 88.3 Å². The Labute approximate surface area is 124 Å². The van der Waals surface area contributed by atoms with Crippen LogP contribution in [-0.4, -0.2) is 26.5 Å². The van der Waals surface area contributed by atoms with Gasteiger partial charge < -0.3 is 9.72 Å². The van der Waals surface area contributed by atoms with Gasteiger partial charge in [0.2, 0.25) is 0 Å². The average Bonchev–Trinajstić information content (AvgIpc) is 2.91. The molecule has 0 spiro atoms. The SMILES string of the molecule is COC(=O)c1cc(S(=O)(=O)Nc2ccc(Cl)cc2F)c[nH]1. The van der Waals surface area contributed by atoms with E-state index in [1.807, 2.05) is 0 Å². The Bertz CT molecular complexity index is 788. The number of nitrogens with one attached hydrogen (secondary N) is 2. The molecule has 1 aromatic carbocycles. The van der Waals surface area contributed by atoms with Crippen LogP contribution in [0.25, 0.3) is 0 Å². The van der Waals surface area contributed by atoms with Crippen LogP contribution < -0.4 is 4.72 Å². The highest BCUT2D eigenvalue weighted by atomic mass is 35.5. The molecule has 0 fully saturated rings. The summed E-state index contributed by atoms with van der Waals surface area (Å²) in [5, 5.41) is 0.144. The van der Waals surface area contributed by atoms with Crippen molar-refractivity contribution < 1.29 is 22.3 Å². The lowest BCUT2D eigenvalue weighted by atomic mass is 10.3. The molecule has 2 N–H and O–H groups in total. The van der Waals surface area contributed by atoms with E-state index in [-0.39, 0.29) is 21.3 Å². The average molecular weight is 333 g/mol. The van der Waals surface area contributed by atoms with Gasteiger partial charge in [-0.3, -0.25) is 4.72 Å². The number of esters is 1. The van der Waals surface area contributed by atoms with E-state index in [4.69, 9.17) is 11.6 Å². The number of anilines is 1. The zero-order valence-corrected chi connectivity index (χ0v) is 12.3. The number of aromatic nitrogens is 1. The van der Waals surface area contributed by atoms with E-state index in [1.165, 1.54) is 19.2 Å². The molecular formula is C12H10ClFN2O4S. The van der Waals surface area contributed by atoms with Gasteiger partial charge in [-0.2, -0.15) is 0 Å². The first-order valence-electron chi connectivity index (χ1n) is 5.58. The van der Waals surface area contributed by atoms with Crippen molar-refractivity contribution in [1.82, 2.24) is 4.98 Å². The maximum Gasteiger partial charge on any atom is 0.354 e. The molecule has 6 nitrogen and oxygen atoms in total. The van der Waals surface area contributed by atoms with Crippen LogP contribution in [-0.2, 0) is 14.8 Å². The van der Waals surface area contributed by atoms with Gasteiger partial charge in [0.1, 0.15) is 16.4 Å². The molecule has 0 aliphatic carbocycles. The number of hydrogen-bond acceptors (Lipinski definition) is 4. The fourth-order valence-corrected chi connectivity index (χ4v) is 2.75. The van der Waals surface area contributed by atoms with Crippen LogP contribution in [0.15, 0.2) is 35.4 Å². The number of methoxy groups -OCH3 is 1. The largest absolute Gasteiger partial charge is 0.464 e. The lowest BCUT2D eigenvalue weighted by Gasteiger charge is -2.07. The third-order valence-electron chi connectivity index (χ3n) is 2.55. The van der Waals surface area contributed by atoms with E-state index in [0.29, 0.717) is 0 Å². The van der Waals surface area contributed by atoms with E-state index < -0.39 is 21.8 Å². The first-order valence-corrected chi connectivity index (χ1v) is 7.44. The molecule has 21 heavy (non-hydrogen) atoms. The van der Waals surface area contributed by atoms with Crippen molar-refractivity contribution in [1.29, 1.82) is 0 Å². The number of carbonyl (C=O) groups is 1. The fourth-order valence-electron chi connectivity index (χ4n) is 1.53. The van der Waals surface area contributed by atoms with E-state index in [0.717, 1.165) is 18.3 Å². The highest BCUT2D eigenvalue weighted by Crippen LogP contribution is 2.22. The molecule has 112 valence electrons. The molecule has 0 amide bonds. The normalized spacial score (nSPS) is 11.2. The Kier molecular flexibility index (Phi) is 4.19.